The first-order valence-electron chi connectivity index (χ1n) is 15.6. The molecule has 38 heavy (non-hydrogen) atoms. The van der Waals surface area contributed by atoms with Gasteiger partial charge in [0.25, 0.3) is 0 Å². The van der Waals surface area contributed by atoms with Crippen molar-refractivity contribution in [1.29, 1.82) is 0 Å². The molecule has 0 N–H and O–H groups in total. The van der Waals surface area contributed by atoms with Crippen LogP contribution in [0, 0.1) is 0 Å². The Morgan fingerprint density at radius 1 is 0.500 bits per heavy atom. The maximum atomic E-state index is 11.8. The Bertz CT molecular complexity index is 592. The minimum absolute atomic E-state index is 0. The van der Waals surface area contributed by atoms with Gasteiger partial charge in [-0.3, -0.25) is 4.79 Å². The van der Waals surface area contributed by atoms with Crippen molar-refractivity contribution < 1.29 is 27.3 Å². The van der Waals surface area contributed by atoms with Crippen molar-refractivity contribution in [1.82, 2.24) is 0 Å². The van der Waals surface area contributed by atoms with Crippen LogP contribution >= 0.6 is 0 Å². The minimum atomic E-state index is -4.21. The van der Waals surface area contributed by atoms with Gasteiger partial charge in [0.2, 0.25) is 0 Å². The summed E-state index contributed by atoms with van der Waals surface area (Å²) in [4.78, 5) is 11.8. The zero-order chi connectivity index (χ0) is 26.6. The third kappa shape index (κ3) is 34.9. The van der Waals surface area contributed by atoms with Gasteiger partial charge >= 0.3 is 62.5 Å². The molecule has 0 atom stereocenters. The van der Waals surface area contributed by atoms with Crippen LogP contribution in [0.25, 0.3) is 0 Å². The second-order valence-electron chi connectivity index (χ2n) is 10.6. The summed E-state index contributed by atoms with van der Waals surface area (Å²) in [6.45, 7) is 4.58. The van der Waals surface area contributed by atoms with E-state index in [1.807, 2.05) is 0 Å². The molecule has 0 rings (SSSR count). The van der Waals surface area contributed by atoms with Gasteiger partial charge in [0.1, 0.15) is 0 Å². The number of hydrogen-bond donors (Lipinski definition) is 0. The van der Waals surface area contributed by atoms with Crippen molar-refractivity contribution in [2.45, 2.75) is 181 Å². The Balaban J connectivity index is -0.000000408. The van der Waals surface area contributed by atoms with E-state index in [4.69, 9.17) is 4.18 Å². The van der Waals surface area contributed by atoms with E-state index >= 15 is 0 Å². The van der Waals surface area contributed by atoms with Gasteiger partial charge in [-0.15, -0.1) is 0 Å². The van der Waals surface area contributed by atoms with Gasteiger partial charge in [0, 0.05) is 6.42 Å². The first kappa shape index (κ1) is 43.4. The van der Waals surface area contributed by atoms with E-state index in [9.17, 15) is 13.2 Å². The van der Waals surface area contributed by atoms with Crippen LogP contribution in [-0.2, 0) is 23.6 Å². The Hall–Kier alpha value is 0.912. The Morgan fingerprint density at radius 3 is 1.13 bits per heavy atom. The van der Waals surface area contributed by atoms with Gasteiger partial charge < -0.3 is 9.89 Å². The number of hydrogen-bond acceptors (Lipinski definition) is 5. The van der Waals surface area contributed by atoms with Gasteiger partial charge in [-0.1, -0.05) is 162 Å². The predicted octanol–water partition coefficient (Wildman–Crippen LogP) is 9.66. The molecule has 0 bridgehead atoms. The van der Waals surface area contributed by atoms with Crippen LogP contribution in [0.15, 0.2) is 0 Å². The van der Waals surface area contributed by atoms with E-state index in [-0.39, 0.29) is 64.8 Å². The second kappa shape index (κ2) is 34.1. The molecular weight excluding hydrogens is 521 g/mol. The van der Waals surface area contributed by atoms with Crippen molar-refractivity contribution in [3.05, 3.63) is 0 Å². The van der Waals surface area contributed by atoms with Crippen LogP contribution in [0.5, 0.6) is 0 Å². The Labute approximate surface area is 275 Å². The van der Waals surface area contributed by atoms with E-state index < -0.39 is 16.4 Å². The molecule has 0 aromatic carbocycles. The van der Waals surface area contributed by atoms with Crippen LogP contribution < -0.4 is 0 Å². The van der Waals surface area contributed by atoms with Crippen LogP contribution in [0.2, 0.25) is 0 Å². The molecule has 0 aliphatic rings. The number of unbranched alkanes of at least 4 members (excludes halogenated alkanes) is 23. The molecule has 0 heterocycles. The van der Waals surface area contributed by atoms with Crippen molar-refractivity contribution >= 4 is 62.5 Å². The third-order valence-corrected chi connectivity index (χ3v) is 7.75. The van der Waals surface area contributed by atoms with E-state index in [1.54, 1.807) is 0 Å². The van der Waals surface area contributed by atoms with E-state index in [0.717, 1.165) is 25.7 Å². The van der Waals surface area contributed by atoms with Gasteiger partial charge in [-0.05, 0) is 12.8 Å². The van der Waals surface area contributed by atoms with E-state index in [0.29, 0.717) is 12.8 Å². The number of rotatable bonds is 29. The SMILES string of the molecule is CCCCCCCCCCCCCCCCCC(=O)OS(=O)(=O)OCCCCCCCCCCCC.[H-].[H-].[H-].[H-].[Mg+2].[Mg+2]. The average molecular weight is 586 g/mol. The monoisotopic (exact) mass is 584 g/mol. The standard InChI is InChI=1S/C30H60O5S.2Mg.4H/c1-3-5-7-9-11-13-15-16-17-18-19-20-22-24-26-28-30(31)35-36(32,33)34-29-27-25-23-21-14-12-10-8-6-4-2;;;;;;/h3-29H2,1-2H3;;;;;;/q;2*+2;4*-1. The molecule has 0 aromatic rings. The van der Waals surface area contributed by atoms with Crippen LogP contribution in [0.4, 0.5) is 0 Å². The molecule has 224 valence electrons. The summed E-state index contributed by atoms with van der Waals surface area (Å²) in [6.07, 6.45) is 30.6. The molecule has 0 amide bonds. The maximum absolute atomic E-state index is 11.8. The summed E-state index contributed by atoms with van der Waals surface area (Å²) < 4.78 is 33.0. The van der Waals surface area contributed by atoms with Crippen LogP contribution in [0.1, 0.15) is 186 Å². The largest absolute Gasteiger partial charge is 2.00 e. The maximum Gasteiger partial charge on any atom is 2.00 e. The fraction of sp³-hybridized carbons (Fsp3) is 0.967. The first-order chi connectivity index (χ1) is 17.5. The molecule has 0 saturated heterocycles. The molecule has 8 heteroatoms. The minimum Gasteiger partial charge on any atom is -1.00 e. The van der Waals surface area contributed by atoms with Crippen molar-refractivity contribution in [2.75, 3.05) is 6.61 Å². The van der Waals surface area contributed by atoms with Gasteiger partial charge in [-0.2, -0.15) is 8.42 Å². The molecule has 0 aliphatic carbocycles. The van der Waals surface area contributed by atoms with Crippen LogP contribution in [0.3, 0.4) is 0 Å². The van der Waals surface area contributed by atoms with Crippen molar-refractivity contribution in [2.24, 2.45) is 0 Å². The molecule has 0 unspecified atom stereocenters. The predicted molar refractivity (Wildman–Crippen MR) is 168 cm³/mol. The van der Waals surface area contributed by atoms with Gasteiger partial charge in [0.15, 0.2) is 0 Å². The molecular formula is C30H64Mg2O5S. The average Bonchev–Trinajstić information content (AvgIpc) is 2.84. The summed E-state index contributed by atoms with van der Waals surface area (Å²) in [5.41, 5.74) is 0. The van der Waals surface area contributed by atoms with E-state index in [2.05, 4.69) is 18.0 Å². The Morgan fingerprint density at radius 2 is 0.789 bits per heavy atom. The smallest absolute Gasteiger partial charge is 1.00 e. The number of carbonyl (C=O) groups is 1. The van der Waals surface area contributed by atoms with Crippen molar-refractivity contribution in [3.8, 4) is 0 Å². The zero-order valence-electron chi connectivity index (χ0n) is 29.5. The quantitative estimate of drug-likeness (QED) is 0.0646. The summed E-state index contributed by atoms with van der Waals surface area (Å²) in [5.74, 6) is -0.701. The number of carbonyl (C=O) groups excluding carboxylic acids is 1. The molecule has 0 spiro atoms. The summed E-state index contributed by atoms with van der Waals surface area (Å²) >= 11 is 0. The fourth-order valence-corrected chi connectivity index (χ4v) is 5.25. The summed E-state index contributed by atoms with van der Waals surface area (Å²) in [5, 5.41) is 0. The van der Waals surface area contributed by atoms with Crippen molar-refractivity contribution in [3.63, 3.8) is 0 Å². The zero-order valence-corrected chi connectivity index (χ0v) is 29.1. The summed E-state index contributed by atoms with van der Waals surface area (Å²) in [7, 11) is -4.21. The fourth-order valence-electron chi connectivity index (χ4n) is 4.57. The Kier molecular flexibility index (Phi) is 38.9. The molecule has 0 aliphatic heterocycles. The molecule has 0 radical (unpaired) electrons. The van der Waals surface area contributed by atoms with E-state index in [1.165, 1.54) is 122 Å². The molecule has 5 nitrogen and oxygen atoms in total. The molecule has 0 saturated carbocycles. The van der Waals surface area contributed by atoms with Gasteiger partial charge in [-0.25, -0.2) is 4.18 Å². The first-order valence-corrected chi connectivity index (χ1v) is 17.0. The molecule has 0 fully saturated rings. The summed E-state index contributed by atoms with van der Waals surface area (Å²) in [6, 6.07) is 0. The third-order valence-electron chi connectivity index (χ3n) is 6.91. The van der Waals surface area contributed by atoms with Crippen LogP contribution in [-0.4, -0.2) is 67.1 Å². The topological polar surface area (TPSA) is 69.7 Å². The molecule has 0 aromatic heterocycles. The second-order valence-corrected chi connectivity index (χ2v) is 11.8. The van der Waals surface area contributed by atoms with Gasteiger partial charge in [0.05, 0.1) is 6.61 Å². The normalized spacial score (nSPS) is 11.1.